The summed E-state index contributed by atoms with van der Waals surface area (Å²) in [5.74, 6) is 1.76. The van der Waals surface area contributed by atoms with Crippen LogP contribution in [0.3, 0.4) is 0 Å². The predicted octanol–water partition coefficient (Wildman–Crippen LogP) is 3.57. The van der Waals surface area contributed by atoms with Gasteiger partial charge in [0, 0.05) is 16.0 Å². The van der Waals surface area contributed by atoms with Gasteiger partial charge in [-0.2, -0.15) is 11.8 Å². The summed E-state index contributed by atoms with van der Waals surface area (Å²) < 4.78 is 6.08. The number of ketones is 1. The molecule has 0 radical (unpaired) electrons. The Bertz CT molecular complexity index is 488. The van der Waals surface area contributed by atoms with Gasteiger partial charge in [0.2, 0.25) is 0 Å². The lowest BCUT2D eigenvalue weighted by atomic mass is 9.88. The van der Waals surface area contributed by atoms with E-state index in [1.165, 1.54) is 0 Å². The number of carbonyl (C=O) groups excluding carboxylic acids is 1. The Morgan fingerprint density at radius 1 is 1.53 bits per heavy atom. The molecule has 2 nitrogen and oxygen atoms in total. The molecule has 0 aliphatic carbocycles. The first-order valence-electron chi connectivity index (χ1n) is 5.71. The average molecular weight is 269 g/mol. The number of halogens is 1. The average Bonchev–Trinajstić information content (AvgIpc) is 2.61. The van der Waals surface area contributed by atoms with Crippen molar-refractivity contribution in [2.45, 2.75) is 30.6 Å². The SMILES string of the molecule is CC1CC2(CS1)CC(=O)c1cc(Cl)ccc1O2. The Kier molecular flexibility index (Phi) is 2.64. The number of rotatable bonds is 0. The molecule has 1 saturated heterocycles. The standard InChI is InChI=1S/C13H13ClO2S/c1-8-5-13(7-17-8)6-11(15)10-4-9(14)2-3-12(10)16-13/h2-4,8H,5-7H2,1H3. The monoisotopic (exact) mass is 268 g/mol. The first kappa shape index (κ1) is 11.4. The second-order valence-electron chi connectivity index (χ2n) is 4.85. The third kappa shape index (κ3) is 1.95. The molecule has 1 aromatic rings. The number of hydrogen-bond donors (Lipinski definition) is 0. The molecular weight excluding hydrogens is 256 g/mol. The maximum Gasteiger partial charge on any atom is 0.170 e. The predicted molar refractivity (Wildman–Crippen MR) is 70.3 cm³/mol. The Hall–Kier alpha value is -0.670. The third-order valence-electron chi connectivity index (χ3n) is 3.34. The molecular formula is C13H13ClO2S. The van der Waals surface area contributed by atoms with Gasteiger partial charge in [-0.3, -0.25) is 4.79 Å². The second kappa shape index (κ2) is 3.92. The molecule has 0 N–H and O–H groups in total. The normalized spacial score (nSPS) is 31.4. The summed E-state index contributed by atoms with van der Waals surface area (Å²) in [5.41, 5.74) is 0.356. The molecule has 2 atom stereocenters. The van der Waals surface area contributed by atoms with Crippen LogP contribution in [-0.2, 0) is 0 Å². The van der Waals surface area contributed by atoms with Gasteiger partial charge in [-0.25, -0.2) is 0 Å². The molecule has 4 heteroatoms. The minimum Gasteiger partial charge on any atom is -0.485 e. The van der Waals surface area contributed by atoms with Crippen molar-refractivity contribution < 1.29 is 9.53 Å². The van der Waals surface area contributed by atoms with Crippen molar-refractivity contribution in [3.63, 3.8) is 0 Å². The smallest absolute Gasteiger partial charge is 0.170 e. The molecule has 1 fully saturated rings. The van der Waals surface area contributed by atoms with Crippen molar-refractivity contribution in [3.8, 4) is 5.75 Å². The molecule has 17 heavy (non-hydrogen) atoms. The van der Waals surface area contributed by atoms with Gasteiger partial charge < -0.3 is 4.74 Å². The Balaban J connectivity index is 1.98. The molecule has 3 rings (SSSR count). The van der Waals surface area contributed by atoms with Gasteiger partial charge in [0.05, 0.1) is 12.0 Å². The fraction of sp³-hybridized carbons (Fsp3) is 0.462. The highest BCUT2D eigenvalue weighted by molar-refractivity contribution is 8.00. The number of Topliss-reactive ketones (excluding diaryl/α,β-unsaturated/α-hetero) is 1. The summed E-state index contributed by atoms with van der Waals surface area (Å²) in [7, 11) is 0. The first-order valence-corrected chi connectivity index (χ1v) is 7.14. The van der Waals surface area contributed by atoms with Gasteiger partial charge >= 0.3 is 0 Å². The van der Waals surface area contributed by atoms with Crippen LogP contribution >= 0.6 is 23.4 Å². The van der Waals surface area contributed by atoms with E-state index in [1.54, 1.807) is 12.1 Å². The molecule has 2 unspecified atom stereocenters. The fourth-order valence-electron chi connectivity index (χ4n) is 2.60. The van der Waals surface area contributed by atoms with E-state index in [1.807, 2.05) is 17.8 Å². The van der Waals surface area contributed by atoms with E-state index in [0.29, 0.717) is 28.0 Å². The Morgan fingerprint density at radius 3 is 3.06 bits per heavy atom. The van der Waals surface area contributed by atoms with Crippen LogP contribution in [0, 0.1) is 0 Å². The highest BCUT2D eigenvalue weighted by Crippen LogP contribution is 2.44. The van der Waals surface area contributed by atoms with Crippen molar-refractivity contribution in [2.75, 3.05) is 5.75 Å². The minimum absolute atomic E-state index is 0.156. The molecule has 1 spiro atoms. The number of fused-ring (bicyclic) bond motifs is 1. The zero-order valence-corrected chi connectivity index (χ0v) is 11.1. The van der Waals surface area contributed by atoms with Gasteiger partial charge in [-0.15, -0.1) is 0 Å². The highest BCUT2D eigenvalue weighted by Gasteiger charge is 2.45. The van der Waals surface area contributed by atoms with Crippen LogP contribution in [0.25, 0.3) is 0 Å². The largest absolute Gasteiger partial charge is 0.485 e. The van der Waals surface area contributed by atoms with E-state index in [4.69, 9.17) is 16.3 Å². The molecule has 2 heterocycles. The number of carbonyl (C=O) groups is 1. The van der Waals surface area contributed by atoms with Gasteiger partial charge in [-0.05, 0) is 24.6 Å². The highest BCUT2D eigenvalue weighted by atomic mass is 35.5. The maximum absolute atomic E-state index is 12.2. The summed E-state index contributed by atoms with van der Waals surface area (Å²) in [5, 5.41) is 1.16. The summed E-state index contributed by atoms with van der Waals surface area (Å²) in [4.78, 5) is 12.2. The van der Waals surface area contributed by atoms with E-state index in [-0.39, 0.29) is 11.4 Å². The third-order valence-corrected chi connectivity index (χ3v) is 5.01. The van der Waals surface area contributed by atoms with Crippen LogP contribution in [0.2, 0.25) is 5.02 Å². The Morgan fingerprint density at radius 2 is 2.35 bits per heavy atom. The number of hydrogen-bond acceptors (Lipinski definition) is 3. The van der Waals surface area contributed by atoms with Crippen LogP contribution in [0.1, 0.15) is 30.1 Å². The van der Waals surface area contributed by atoms with Crippen LogP contribution in [0.4, 0.5) is 0 Å². The lowest BCUT2D eigenvalue weighted by Gasteiger charge is -2.34. The molecule has 0 saturated carbocycles. The lowest BCUT2D eigenvalue weighted by Crippen LogP contribution is -2.42. The van der Waals surface area contributed by atoms with E-state index < -0.39 is 0 Å². The van der Waals surface area contributed by atoms with Crippen molar-refractivity contribution in [3.05, 3.63) is 28.8 Å². The maximum atomic E-state index is 12.2. The van der Waals surface area contributed by atoms with Gasteiger partial charge in [0.25, 0.3) is 0 Å². The molecule has 0 aromatic heterocycles. The molecule has 1 aromatic carbocycles. The summed E-state index contributed by atoms with van der Waals surface area (Å²) in [6.07, 6.45) is 1.43. The van der Waals surface area contributed by atoms with Crippen molar-refractivity contribution >= 4 is 29.1 Å². The molecule has 0 amide bonds. The van der Waals surface area contributed by atoms with Gasteiger partial charge in [0.1, 0.15) is 11.4 Å². The van der Waals surface area contributed by atoms with E-state index in [9.17, 15) is 4.79 Å². The van der Waals surface area contributed by atoms with E-state index >= 15 is 0 Å². The molecule has 2 aliphatic rings. The van der Waals surface area contributed by atoms with Crippen molar-refractivity contribution in [1.82, 2.24) is 0 Å². The molecule has 90 valence electrons. The van der Waals surface area contributed by atoms with Crippen molar-refractivity contribution in [2.24, 2.45) is 0 Å². The van der Waals surface area contributed by atoms with Gasteiger partial charge in [-0.1, -0.05) is 18.5 Å². The summed E-state index contributed by atoms with van der Waals surface area (Å²) >= 11 is 7.78. The first-order chi connectivity index (χ1) is 8.08. The lowest BCUT2D eigenvalue weighted by molar-refractivity contribution is 0.0542. The topological polar surface area (TPSA) is 26.3 Å². The van der Waals surface area contributed by atoms with Crippen LogP contribution in [0.5, 0.6) is 5.75 Å². The zero-order chi connectivity index (χ0) is 12.0. The minimum atomic E-state index is -0.276. The van der Waals surface area contributed by atoms with Gasteiger partial charge in [0.15, 0.2) is 5.78 Å². The number of thioether (sulfide) groups is 1. The summed E-state index contributed by atoms with van der Waals surface area (Å²) in [6, 6.07) is 5.29. The van der Waals surface area contributed by atoms with Crippen LogP contribution < -0.4 is 4.74 Å². The number of benzene rings is 1. The van der Waals surface area contributed by atoms with E-state index in [0.717, 1.165) is 12.2 Å². The zero-order valence-electron chi connectivity index (χ0n) is 9.53. The molecule has 0 bridgehead atoms. The van der Waals surface area contributed by atoms with Crippen molar-refractivity contribution in [1.29, 1.82) is 0 Å². The van der Waals surface area contributed by atoms with Crippen LogP contribution in [0.15, 0.2) is 18.2 Å². The number of ether oxygens (including phenoxy) is 1. The van der Waals surface area contributed by atoms with Crippen LogP contribution in [-0.4, -0.2) is 22.4 Å². The second-order valence-corrected chi connectivity index (χ2v) is 6.71. The van der Waals surface area contributed by atoms with E-state index in [2.05, 4.69) is 6.92 Å². The summed E-state index contributed by atoms with van der Waals surface area (Å²) in [6.45, 7) is 2.19. The quantitative estimate of drug-likeness (QED) is 0.720. The molecule has 2 aliphatic heterocycles. The fourth-order valence-corrected chi connectivity index (χ4v) is 4.06. The Labute approximate surface area is 110 Å².